The van der Waals surface area contributed by atoms with E-state index in [1.807, 2.05) is 16.3 Å². The molecule has 1 aliphatic carbocycles. The molecule has 7 rings (SSSR count). The molecule has 2 atom stereocenters. The molecule has 6 heterocycles. The fraction of sp³-hybridized carbons (Fsp3) is 0.533. The number of carboxylic acids is 1. The minimum absolute atomic E-state index is 0.327. The van der Waals surface area contributed by atoms with E-state index in [1.54, 1.807) is 17.4 Å². The highest BCUT2D eigenvalue weighted by Gasteiger charge is 2.45. The van der Waals surface area contributed by atoms with Crippen LogP contribution in [0.25, 0.3) is 10.6 Å². The summed E-state index contributed by atoms with van der Waals surface area (Å²) in [5.41, 5.74) is 1.20. The topological polar surface area (TPSA) is 102 Å². The molecular formula is C30H34Cl2N6O3S2. The van der Waals surface area contributed by atoms with Gasteiger partial charge >= 0.3 is 5.97 Å². The fourth-order valence-electron chi connectivity index (χ4n) is 7.32. The number of carbonyl (C=O) groups excluding carboxylic acids is 1. The van der Waals surface area contributed by atoms with Crippen molar-refractivity contribution in [1.82, 2.24) is 14.9 Å². The van der Waals surface area contributed by atoms with Crippen LogP contribution in [0.2, 0.25) is 10.0 Å². The van der Waals surface area contributed by atoms with Crippen LogP contribution >= 0.6 is 45.9 Å². The third-order valence-corrected chi connectivity index (χ3v) is 12.1. The fourth-order valence-corrected chi connectivity index (χ4v) is 9.73. The summed E-state index contributed by atoms with van der Waals surface area (Å²) in [5.74, 6) is -0.207. The summed E-state index contributed by atoms with van der Waals surface area (Å²) in [7, 11) is 0. The highest BCUT2D eigenvalue weighted by atomic mass is 35.5. The second kappa shape index (κ2) is 12.2. The number of thiazole rings is 1. The zero-order valence-electron chi connectivity index (χ0n) is 23.7. The number of hydrogen-bond donors (Lipinski definition) is 2. The number of hydrogen-bond acceptors (Lipinski definition) is 9. The molecule has 13 heteroatoms. The lowest BCUT2D eigenvalue weighted by molar-refractivity contribution is -0.142. The summed E-state index contributed by atoms with van der Waals surface area (Å²) < 4.78 is 0. The number of nitrogens with one attached hydrogen (secondary N) is 1. The first-order chi connectivity index (χ1) is 20.8. The summed E-state index contributed by atoms with van der Waals surface area (Å²) in [4.78, 5) is 42.2. The molecule has 43 heavy (non-hydrogen) atoms. The number of aliphatic carboxylic acids is 1. The number of amides is 1. The lowest BCUT2D eigenvalue weighted by atomic mass is 9.97. The number of carboxylic acid groups (broad SMARTS) is 1. The van der Waals surface area contributed by atoms with Gasteiger partial charge in [-0.15, -0.1) is 11.3 Å². The first-order valence-corrected chi connectivity index (χ1v) is 17.5. The van der Waals surface area contributed by atoms with Crippen molar-refractivity contribution in [2.75, 3.05) is 47.8 Å². The second-order valence-electron chi connectivity index (χ2n) is 12.1. The first kappa shape index (κ1) is 29.3. The molecule has 2 unspecified atom stereocenters. The molecular weight excluding hydrogens is 627 g/mol. The van der Waals surface area contributed by atoms with Crippen molar-refractivity contribution in [2.45, 2.75) is 57.0 Å². The monoisotopic (exact) mass is 660 g/mol. The van der Waals surface area contributed by atoms with Gasteiger partial charge in [0, 0.05) is 49.8 Å². The number of thiophene rings is 1. The van der Waals surface area contributed by atoms with Gasteiger partial charge in [-0.3, -0.25) is 19.8 Å². The Hall–Kier alpha value is -2.44. The van der Waals surface area contributed by atoms with E-state index in [1.165, 1.54) is 56.2 Å². The summed E-state index contributed by atoms with van der Waals surface area (Å²) in [6, 6.07) is 4.87. The number of aromatic nitrogens is 2. The molecule has 0 bridgehead atoms. The molecule has 3 aromatic rings. The Morgan fingerprint density at radius 2 is 1.79 bits per heavy atom. The average molecular weight is 662 g/mol. The number of carbonyl (C=O) groups is 2. The summed E-state index contributed by atoms with van der Waals surface area (Å²) in [6.07, 6.45) is 9.17. The molecule has 9 nitrogen and oxygen atoms in total. The van der Waals surface area contributed by atoms with E-state index in [-0.39, 0.29) is 11.8 Å². The Kier molecular flexibility index (Phi) is 8.28. The van der Waals surface area contributed by atoms with Crippen LogP contribution in [0.5, 0.6) is 0 Å². The van der Waals surface area contributed by atoms with Crippen molar-refractivity contribution >= 4 is 73.7 Å². The first-order valence-electron chi connectivity index (χ1n) is 15.0. The van der Waals surface area contributed by atoms with E-state index in [2.05, 4.69) is 20.1 Å². The van der Waals surface area contributed by atoms with E-state index in [4.69, 9.17) is 28.2 Å². The van der Waals surface area contributed by atoms with Crippen molar-refractivity contribution in [3.05, 3.63) is 39.3 Å². The molecule has 3 aliphatic heterocycles. The highest BCUT2D eigenvalue weighted by Crippen LogP contribution is 2.46. The van der Waals surface area contributed by atoms with Gasteiger partial charge in [-0.1, -0.05) is 47.4 Å². The van der Waals surface area contributed by atoms with E-state index in [0.717, 1.165) is 34.7 Å². The Morgan fingerprint density at radius 3 is 2.49 bits per heavy atom. The van der Waals surface area contributed by atoms with Crippen LogP contribution in [0.3, 0.4) is 0 Å². The van der Waals surface area contributed by atoms with Crippen molar-refractivity contribution in [2.24, 2.45) is 11.8 Å². The van der Waals surface area contributed by atoms with Crippen molar-refractivity contribution in [3.8, 4) is 10.6 Å². The normalized spacial score (nSPS) is 23.3. The lowest BCUT2D eigenvalue weighted by Crippen LogP contribution is -2.41. The van der Waals surface area contributed by atoms with Gasteiger partial charge in [-0.05, 0) is 56.7 Å². The van der Waals surface area contributed by atoms with E-state index in [9.17, 15) is 14.7 Å². The smallest absolute Gasteiger partial charge is 0.306 e. The van der Waals surface area contributed by atoms with Gasteiger partial charge in [0.15, 0.2) is 5.13 Å². The number of halogens is 2. The predicted molar refractivity (Wildman–Crippen MR) is 173 cm³/mol. The molecule has 0 aromatic carbocycles. The molecule has 2 N–H and O–H groups in total. The minimum atomic E-state index is -0.764. The van der Waals surface area contributed by atoms with Gasteiger partial charge < -0.3 is 14.9 Å². The standard InChI is InChI=1S/C30H34Cl2N6O3S2/c31-20-12-24(42-16-20)25-28(37-14-18-7-10-38(23(18)15-37)21-3-1-2-4-21)43-30(34-25)35-27(39)19-11-22(32)26(33-13-19)36-8-5-17(6-9-36)29(40)41/h11-13,16-18,21,23H,1-10,14-15H2,(H,40,41)(H,34,35,39). The Balaban J connectivity index is 1.08. The van der Waals surface area contributed by atoms with Crippen molar-refractivity contribution in [3.63, 3.8) is 0 Å². The molecule has 1 amide bonds. The van der Waals surface area contributed by atoms with Crippen molar-refractivity contribution in [1.29, 1.82) is 0 Å². The van der Waals surface area contributed by atoms with E-state index < -0.39 is 5.97 Å². The molecule has 0 spiro atoms. The van der Waals surface area contributed by atoms with E-state index in [0.29, 0.717) is 64.4 Å². The maximum absolute atomic E-state index is 13.3. The van der Waals surface area contributed by atoms with Crippen LogP contribution in [-0.4, -0.2) is 76.7 Å². The van der Waals surface area contributed by atoms with Crippen LogP contribution in [0.15, 0.2) is 23.7 Å². The zero-order valence-corrected chi connectivity index (χ0v) is 26.8. The molecule has 3 aromatic heterocycles. The SMILES string of the molecule is O=C(Nc1nc(-c2cc(Cl)cs2)c(N2CC3CCN(C4CCCC4)C3C2)s1)c1cnc(N2CCC(C(=O)O)CC2)c(Cl)c1. The quantitative estimate of drug-likeness (QED) is 0.293. The molecule has 3 saturated heterocycles. The zero-order chi connectivity index (χ0) is 29.7. The minimum Gasteiger partial charge on any atom is -0.481 e. The molecule has 1 saturated carbocycles. The summed E-state index contributed by atoms with van der Waals surface area (Å²) in [5, 5.41) is 16.8. The number of fused-ring (bicyclic) bond motifs is 1. The molecule has 4 fully saturated rings. The molecule has 4 aliphatic rings. The van der Waals surface area contributed by atoms with Gasteiger partial charge in [-0.25, -0.2) is 9.97 Å². The van der Waals surface area contributed by atoms with Gasteiger partial charge in [0.05, 0.1) is 26.4 Å². The number of anilines is 3. The van der Waals surface area contributed by atoms with Gasteiger partial charge in [0.2, 0.25) is 0 Å². The third-order valence-electron chi connectivity index (χ3n) is 9.53. The number of pyridine rings is 1. The summed E-state index contributed by atoms with van der Waals surface area (Å²) >= 11 is 16.0. The number of nitrogens with zero attached hydrogens (tertiary/aromatic N) is 5. The highest BCUT2D eigenvalue weighted by molar-refractivity contribution is 7.21. The van der Waals surface area contributed by atoms with Crippen LogP contribution in [0.1, 0.15) is 55.3 Å². The van der Waals surface area contributed by atoms with Crippen LogP contribution in [0.4, 0.5) is 16.0 Å². The lowest BCUT2D eigenvalue weighted by Gasteiger charge is -2.31. The molecule has 0 radical (unpaired) electrons. The van der Waals surface area contributed by atoms with Crippen molar-refractivity contribution < 1.29 is 14.7 Å². The Bertz CT molecular complexity index is 1520. The Labute approximate surface area is 268 Å². The summed E-state index contributed by atoms with van der Waals surface area (Å²) in [6.45, 7) is 4.31. The van der Waals surface area contributed by atoms with Gasteiger partial charge in [0.25, 0.3) is 5.91 Å². The molecule has 228 valence electrons. The van der Waals surface area contributed by atoms with Gasteiger partial charge in [-0.2, -0.15) is 0 Å². The second-order valence-corrected chi connectivity index (χ2v) is 14.8. The number of rotatable bonds is 7. The number of piperidine rings is 1. The average Bonchev–Trinajstić information content (AvgIpc) is 3.82. The third kappa shape index (κ3) is 5.86. The van der Waals surface area contributed by atoms with Crippen LogP contribution in [-0.2, 0) is 4.79 Å². The maximum Gasteiger partial charge on any atom is 0.306 e. The Morgan fingerprint density at radius 1 is 1.00 bits per heavy atom. The number of likely N-dealkylation sites (tertiary alicyclic amines) is 1. The maximum atomic E-state index is 13.3. The largest absolute Gasteiger partial charge is 0.481 e. The predicted octanol–water partition coefficient (Wildman–Crippen LogP) is 6.58. The van der Waals surface area contributed by atoms with E-state index >= 15 is 0 Å². The van der Waals surface area contributed by atoms with Gasteiger partial charge in [0.1, 0.15) is 16.5 Å². The van der Waals surface area contributed by atoms with Crippen LogP contribution in [0, 0.1) is 11.8 Å². The van der Waals surface area contributed by atoms with Crippen LogP contribution < -0.4 is 15.1 Å².